The average molecular weight is 482 g/mol. The third kappa shape index (κ3) is 4.89. The van der Waals surface area contributed by atoms with E-state index in [0.717, 1.165) is 15.8 Å². The number of carbonyl (C=O) groups excluding carboxylic acids is 1. The summed E-state index contributed by atoms with van der Waals surface area (Å²) in [7, 11) is -2.27. The lowest BCUT2D eigenvalue weighted by Gasteiger charge is -2.19. The second-order valence-electron chi connectivity index (χ2n) is 7.63. The summed E-state index contributed by atoms with van der Waals surface area (Å²) < 4.78 is 32.3. The van der Waals surface area contributed by atoms with Crippen molar-refractivity contribution in [1.29, 1.82) is 0 Å². The van der Waals surface area contributed by atoms with E-state index in [-0.39, 0.29) is 11.4 Å². The zero-order valence-electron chi connectivity index (χ0n) is 18.5. The molecule has 0 radical (unpaired) electrons. The molecule has 33 heavy (non-hydrogen) atoms. The van der Waals surface area contributed by atoms with Gasteiger partial charge in [-0.15, -0.1) is 0 Å². The van der Waals surface area contributed by atoms with Gasteiger partial charge in [0.25, 0.3) is 0 Å². The predicted molar refractivity (Wildman–Crippen MR) is 130 cm³/mol. The second-order valence-corrected chi connectivity index (χ2v) is 10.6. The number of sulfone groups is 1. The highest BCUT2D eigenvalue weighted by Crippen LogP contribution is 2.37. The Labute approximate surface area is 196 Å². The minimum Gasteiger partial charge on any atom is -0.494 e. The number of hydrogen-bond donors (Lipinski definition) is 0. The molecule has 0 saturated carbocycles. The Morgan fingerprint density at radius 3 is 2.48 bits per heavy atom. The fourth-order valence-electron chi connectivity index (χ4n) is 3.36. The van der Waals surface area contributed by atoms with Crippen molar-refractivity contribution in [2.45, 2.75) is 25.3 Å². The number of benzene rings is 2. The van der Waals surface area contributed by atoms with Gasteiger partial charge in [0, 0.05) is 6.20 Å². The highest BCUT2D eigenvalue weighted by molar-refractivity contribution is 7.92. The SMILES string of the molecule is COc1ccc(C)c2sc(N(Cc3ccccn3)C(=O)CS(=O)(=O)c3ccc(C)cc3)nc12. The number of rotatable bonds is 7. The highest BCUT2D eigenvalue weighted by Gasteiger charge is 2.27. The summed E-state index contributed by atoms with van der Waals surface area (Å²) in [6.07, 6.45) is 1.63. The Hall–Kier alpha value is -3.30. The summed E-state index contributed by atoms with van der Waals surface area (Å²) in [6, 6.07) is 15.6. The number of nitrogens with zero attached hydrogens (tertiary/aromatic N) is 3. The van der Waals surface area contributed by atoms with Crippen molar-refractivity contribution in [2.75, 3.05) is 17.8 Å². The van der Waals surface area contributed by atoms with Gasteiger partial charge in [-0.05, 0) is 49.7 Å². The van der Waals surface area contributed by atoms with Crippen LogP contribution in [0, 0.1) is 13.8 Å². The first-order chi connectivity index (χ1) is 15.8. The smallest absolute Gasteiger partial charge is 0.244 e. The quantitative estimate of drug-likeness (QED) is 0.390. The van der Waals surface area contributed by atoms with Crippen LogP contribution in [0.4, 0.5) is 5.13 Å². The van der Waals surface area contributed by atoms with E-state index in [4.69, 9.17) is 4.74 Å². The van der Waals surface area contributed by atoms with Gasteiger partial charge in [-0.1, -0.05) is 41.2 Å². The number of thiazole rings is 1. The van der Waals surface area contributed by atoms with Crippen molar-refractivity contribution in [2.24, 2.45) is 0 Å². The van der Waals surface area contributed by atoms with Gasteiger partial charge in [0.15, 0.2) is 15.0 Å². The number of aryl methyl sites for hydroxylation is 2. The zero-order chi connectivity index (χ0) is 23.6. The number of aromatic nitrogens is 2. The van der Waals surface area contributed by atoms with Crippen molar-refractivity contribution in [1.82, 2.24) is 9.97 Å². The van der Waals surface area contributed by atoms with Crippen molar-refractivity contribution < 1.29 is 17.9 Å². The lowest BCUT2D eigenvalue weighted by atomic mass is 10.2. The van der Waals surface area contributed by atoms with E-state index in [1.54, 1.807) is 37.6 Å². The fourth-order valence-corrected chi connectivity index (χ4v) is 5.63. The normalized spacial score (nSPS) is 11.5. The summed E-state index contributed by atoms with van der Waals surface area (Å²) in [6.45, 7) is 3.93. The lowest BCUT2D eigenvalue weighted by Crippen LogP contribution is -2.35. The maximum atomic E-state index is 13.4. The molecule has 1 amide bonds. The van der Waals surface area contributed by atoms with Gasteiger partial charge in [0.2, 0.25) is 5.91 Å². The van der Waals surface area contributed by atoms with Crippen LogP contribution in [0.1, 0.15) is 16.8 Å². The molecule has 0 aliphatic carbocycles. The molecular weight excluding hydrogens is 458 g/mol. The van der Waals surface area contributed by atoms with Crippen molar-refractivity contribution in [3.05, 3.63) is 77.6 Å². The highest BCUT2D eigenvalue weighted by atomic mass is 32.2. The largest absolute Gasteiger partial charge is 0.494 e. The van der Waals surface area contributed by atoms with Crippen molar-refractivity contribution in [3.8, 4) is 5.75 Å². The summed E-state index contributed by atoms with van der Waals surface area (Å²) in [5.41, 5.74) is 3.20. The minimum absolute atomic E-state index is 0.101. The van der Waals surface area contributed by atoms with E-state index < -0.39 is 21.5 Å². The Kier molecular flexibility index (Phi) is 6.44. The van der Waals surface area contributed by atoms with E-state index in [1.807, 2.05) is 32.0 Å². The second kappa shape index (κ2) is 9.29. The number of fused-ring (bicyclic) bond motifs is 1. The summed E-state index contributed by atoms with van der Waals surface area (Å²) >= 11 is 1.32. The third-order valence-corrected chi connectivity index (χ3v) is 8.01. The minimum atomic E-state index is -3.83. The first-order valence-electron chi connectivity index (χ1n) is 10.2. The maximum absolute atomic E-state index is 13.4. The molecule has 9 heteroatoms. The number of amides is 1. The van der Waals surface area contributed by atoms with Gasteiger partial charge < -0.3 is 4.74 Å². The van der Waals surface area contributed by atoms with Crippen LogP contribution in [0.5, 0.6) is 5.75 Å². The first-order valence-corrected chi connectivity index (χ1v) is 12.7. The van der Waals surface area contributed by atoms with Crippen LogP contribution in [0.25, 0.3) is 10.2 Å². The topological polar surface area (TPSA) is 89.5 Å². The average Bonchev–Trinajstić information content (AvgIpc) is 3.24. The Balaban J connectivity index is 1.74. The Bertz CT molecular complexity index is 1400. The lowest BCUT2D eigenvalue weighted by molar-refractivity contribution is -0.116. The van der Waals surface area contributed by atoms with E-state index in [2.05, 4.69) is 9.97 Å². The number of pyridine rings is 1. The molecule has 0 unspecified atom stereocenters. The molecule has 2 aromatic carbocycles. The Morgan fingerprint density at radius 2 is 1.82 bits per heavy atom. The van der Waals surface area contributed by atoms with Gasteiger partial charge in [0.1, 0.15) is 17.0 Å². The molecule has 4 aromatic rings. The van der Waals surface area contributed by atoms with Gasteiger partial charge in [-0.3, -0.25) is 14.7 Å². The molecule has 7 nitrogen and oxygen atoms in total. The monoisotopic (exact) mass is 481 g/mol. The van der Waals surface area contributed by atoms with Crippen LogP contribution in [0.15, 0.2) is 65.7 Å². The van der Waals surface area contributed by atoms with Gasteiger partial charge in [-0.2, -0.15) is 0 Å². The summed E-state index contributed by atoms with van der Waals surface area (Å²) in [5, 5.41) is 0.396. The molecule has 0 saturated heterocycles. The van der Waals surface area contributed by atoms with Crippen LogP contribution in [0.3, 0.4) is 0 Å². The van der Waals surface area contributed by atoms with E-state index in [1.165, 1.54) is 28.4 Å². The van der Waals surface area contributed by atoms with E-state index >= 15 is 0 Å². The predicted octanol–water partition coefficient (Wildman–Crippen LogP) is 4.32. The molecular formula is C24H23N3O4S2. The molecule has 0 spiro atoms. The van der Waals surface area contributed by atoms with Crippen LogP contribution in [-0.2, 0) is 21.2 Å². The molecule has 0 bridgehead atoms. The van der Waals surface area contributed by atoms with Crippen LogP contribution in [0.2, 0.25) is 0 Å². The standard InChI is InChI=1S/C24H23N3O4S2/c1-16-7-10-19(11-8-16)33(29,30)15-21(28)27(14-18-6-4-5-13-25-18)24-26-22-20(31-3)12-9-17(2)23(22)32-24/h4-13H,14-15H2,1-3H3. The molecule has 4 rings (SSSR count). The van der Waals surface area contributed by atoms with E-state index in [9.17, 15) is 13.2 Å². The molecule has 0 aliphatic heterocycles. The summed E-state index contributed by atoms with van der Waals surface area (Å²) in [4.78, 5) is 23.8. The van der Waals surface area contributed by atoms with Gasteiger partial charge >= 0.3 is 0 Å². The number of methoxy groups -OCH3 is 1. The molecule has 0 fully saturated rings. The molecule has 2 heterocycles. The number of ether oxygens (including phenoxy) is 1. The number of anilines is 1. The van der Waals surface area contributed by atoms with E-state index in [0.29, 0.717) is 22.1 Å². The molecule has 170 valence electrons. The molecule has 0 N–H and O–H groups in total. The first kappa shape index (κ1) is 22.9. The summed E-state index contributed by atoms with van der Waals surface area (Å²) in [5.74, 6) is -0.651. The number of hydrogen-bond acceptors (Lipinski definition) is 7. The van der Waals surface area contributed by atoms with Crippen molar-refractivity contribution in [3.63, 3.8) is 0 Å². The van der Waals surface area contributed by atoms with Gasteiger partial charge in [-0.25, -0.2) is 13.4 Å². The zero-order valence-corrected chi connectivity index (χ0v) is 20.1. The third-order valence-electron chi connectivity index (χ3n) is 5.18. The molecule has 0 aliphatic rings. The molecule has 2 aromatic heterocycles. The van der Waals surface area contributed by atoms with Crippen LogP contribution >= 0.6 is 11.3 Å². The Morgan fingerprint density at radius 1 is 1.06 bits per heavy atom. The van der Waals surface area contributed by atoms with Crippen LogP contribution in [-0.4, -0.2) is 37.2 Å². The van der Waals surface area contributed by atoms with Crippen molar-refractivity contribution >= 4 is 42.4 Å². The van der Waals surface area contributed by atoms with Crippen LogP contribution < -0.4 is 9.64 Å². The van der Waals surface area contributed by atoms with Gasteiger partial charge in [0.05, 0.1) is 28.9 Å². The maximum Gasteiger partial charge on any atom is 0.244 e. The molecule has 0 atom stereocenters. The fraction of sp³-hybridized carbons (Fsp3) is 0.208. The number of carbonyl (C=O) groups is 1.